The molecule has 4 rings (SSSR count). The van der Waals surface area contributed by atoms with E-state index in [9.17, 15) is 5.11 Å². The Bertz CT molecular complexity index is 1050. The fraction of sp³-hybridized carbons (Fsp3) is 0.400. The first-order valence-electron chi connectivity index (χ1n) is 10.1. The second-order valence-corrected chi connectivity index (χ2v) is 7.69. The Labute approximate surface area is 179 Å². The maximum atomic E-state index is 10.3. The third-order valence-electron chi connectivity index (χ3n) is 5.24. The highest BCUT2D eigenvalue weighted by Gasteiger charge is 2.18. The molecule has 1 atom stereocenters. The van der Waals surface area contributed by atoms with Crippen molar-refractivity contribution in [1.29, 1.82) is 0 Å². The summed E-state index contributed by atoms with van der Waals surface area (Å²) in [5.41, 5.74) is 19.4. The summed E-state index contributed by atoms with van der Waals surface area (Å²) in [7, 11) is 2.11. The molecule has 1 aliphatic heterocycles. The van der Waals surface area contributed by atoms with Crippen molar-refractivity contribution in [3.63, 3.8) is 0 Å². The highest BCUT2D eigenvalue weighted by Crippen LogP contribution is 2.27. The number of rotatable bonds is 6. The lowest BCUT2D eigenvalue weighted by Gasteiger charge is -2.33. The number of hydrogen-bond acceptors (Lipinski definition) is 11. The molecule has 0 saturated carbocycles. The van der Waals surface area contributed by atoms with Gasteiger partial charge in [-0.2, -0.15) is 9.97 Å². The number of fused-ring (bicyclic) bond motifs is 1. The highest BCUT2D eigenvalue weighted by atomic mass is 16.5. The Morgan fingerprint density at radius 1 is 0.968 bits per heavy atom. The molecule has 164 valence electrons. The number of aliphatic hydroxyl groups is 1. The van der Waals surface area contributed by atoms with Gasteiger partial charge < -0.3 is 31.9 Å². The largest absolute Gasteiger partial charge is 0.491 e. The molecule has 0 amide bonds. The number of nitrogen functional groups attached to an aromatic ring is 3. The van der Waals surface area contributed by atoms with Crippen LogP contribution in [-0.2, 0) is 0 Å². The monoisotopic (exact) mass is 425 g/mol. The van der Waals surface area contributed by atoms with Gasteiger partial charge in [0.2, 0.25) is 5.95 Å². The normalized spacial score (nSPS) is 16.5. The maximum Gasteiger partial charge on any atom is 0.224 e. The molecule has 11 nitrogen and oxygen atoms in total. The Morgan fingerprint density at radius 3 is 2.39 bits per heavy atom. The van der Waals surface area contributed by atoms with Crippen LogP contribution in [0.4, 0.5) is 17.6 Å². The standard InChI is InChI=1S/C20H27N9O2/c1-28-6-8-29(9-7-28)10-13(30)11-31-14-4-2-12(3-5-14)15-17(21)25-19-16(24-15)18(22)26-20(23)27-19/h2-5,13,30H,6-11H2,1H3,(H6,21,22,23,25,26,27). The van der Waals surface area contributed by atoms with Gasteiger partial charge in [-0.25, -0.2) is 9.97 Å². The lowest BCUT2D eigenvalue weighted by molar-refractivity contribution is 0.0505. The maximum absolute atomic E-state index is 10.3. The zero-order chi connectivity index (χ0) is 22.0. The summed E-state index contributed by atoms with van der Waals surface area (Å²) in [5, 5.41) is 10.3. The van der Waals surface area contributed by atoms with Crippen LogP contribution in [0, 0.1) is 0 Å². The van der Waals surface area contributed by atoms with Gasteiger partial charge in [-0.3, -0.25) is 4.90 Å². The zero-order valence-electron chi connectivity index (χ0n) is 17.4. The van der Waals surface area contributed by atoms with E-state index in [1.54, 1.807) is 12.1 Å². The molecule has 1 aromatic carbocycles. The first-order valence-corrected chi connectivity index (χ1v) is 10.1. The van der Waals surface area contributed by atoms with Crippen LogP contribution in [0.25, 0.3) is 22.4 Å². The van der Waals surface area contributed by atoms with Crippen LogP contribution >= 0.6 is 0 Å². The number of aromatic nitrogens is 4. The predicted molar refractivity (Wildman–Crippen MR) is 119 cm³/mol. The van der Waals surface area contributed by atoms with Gasteiger partial charge >= 0.3 is 0 Å². The number of hydrogen-bond donors (Lipinski definition) is 4. The number of β-amino-alcohol motifs (C(OH)–C–C–N with tert-alkyl or cyclic N) is 1. The minimum absolute atomic E-state index is 0.0164. The molecule has 1 aliphatic rings. The van der Waals surface area contributed by atoms with Crippen LogP contribution in [0.2, 0.25) is 0 Å². The fourth-order valence-electron chi connectivity index (χ4n) is 3.49. The third kappa shape index (κ3) is 4.90. The first kappa shape index (κ1) is 21.0. The number of likely N-dealkylation sites (N-methyl/N-ethyl adjacent to an activating group) is 1. The van der Waals surface area contributed by atoms with Crippen molar-refractivity contribution in [3.05, 3.63) is 24.3 Å². The summed E-state index contributed by atoms with van der Waals surface area (Å²) in [6.07, 6.45) is -0.555. The Hall–Kier alpha value is -3.28. The van der Waals surface area contributed by atoms with Crippen LogP contribution < -0.4 is 21.9 Å². The van der Waals surface area contributed by atoms with E-state index in [0.717, 1.165) is 31.7 Å². The van der Waals surface area contributed by atoms with Crippen LogP contribution in [-0.4, -0.2) is 87.3 Å². The number of aliphatic hydroxyl groups excluding tert-OH is 1. The Morgan fingerprint density at radius 2 is 1.68 bits per heavy atom. The van der Waals surface area contributed by atoms with Crippen molar-refractivity contribution in [2.24, 2.45) is 0 Å². The number of nitrogens with two attached hydrogens (primary N) is 3. The van der Waals surface area contributed by atoms with E-state index < -0.39 is 6.10 Å². The van der Waals surface area contributed by atoms with E-state index in [-0.39, 0.29) is 29.8 Å². The van der Waals surface area contributed by atoms with Crippen molar-refractivity contribution in [3.8, 4) is 17.0 Å². The van der Waals surface area contributed by atoms with Crippen molar-refractivity contribution in [2.45, 2.75) is 6.10 Å². The molecule has 0 radical (unpaired) electrons. The molecule has 0 bridgehead atoms. The quantitative estimate of drug-likeness (QED) is 0.414. The van der Waals surface area contributed by atoms with Gasteiger partial charge in [-0.05, 0) is 31.3 Å². The summed E-state index contributed by atoms with van der Waals surface area (Å²) < 4.78 is 5.75. The Balaban J connectivity index is 1.41. The van der Waals surface area contributed by atoms with Crippen molar-refractivity contribution >= 4 is 28.7 Å². The summed E-state index contributed by atoms with van der Waals surface area (Å²) in [4.78, 5) is 21.2. The fourth-order valence-corrected chi connectivity index (χ4v) is 3.49. The summed E-state index contributed by atoms with van der Waals surface area (Å²) in [6, 6.07) is 7.24. The molecule has 3 aromatic rings. The van der Waals surface area contributed by atoms with Gasteiger partial charge in [-0.15, -0.1) is 0 Å². The van der Waals surface area contributed by atoms with Gasteiger partial charge in [-0.1, -0.05) is 0 Å². The lowest BCUT2D eigenvalue weighted by atomic mass is 10.1. The van der Waals surface area contributed by atoms with Gasteiger partial charge in [0.15, 0.2) is 22.8 Å². The first-order chi connectivity index (χ1) is 14.9. The van der Waals surface area contributed by atoms with E-state index >= 15 is 0 Å². The van der Waals surface area contributed by atoms with Crippen molar-refractivity contribution < 1.29 is 9.84 Å². The number of nitrogens with zero attached hydrogens (tertiary/aromatic N) is 6. The Kier molecular flexibility index (Phi) is 5.98. The molecule has 3 heterocycles. The average Bonchev–Trinajstić information content (AvgIpc) is 2.74. The summed E-state index contributed by atoms with van der Waals surface area (Å²) in [5.74, 6) is 1.01. The third-order valence-corrected chi connectivity index (χ3v) is 5.24. The van der Waals surface area contributed by atoms with Crippen LogP contribution in [0.15, 0.2) is 24.3 Å². The minimum atomic E-state index is -0.555. The molecular weight excluding hydrogens is 398 g/mol. The molecule has 0 aliphatic carbocycles. The van der Waals surface area contributed by atoms with Gasteiger partial charge in [0.1, 0.15) is 24.2 Å². The van der Waals surface area contributed by atoms with Gasteiger partial charge in [0.05, 0.1) is 0 Å². The number of benzene rings is 1. The topological polar surface area (TPSA) is 166 Å². The summed E-state index contributed by atoms with van der Waals surface area (Å²) >= 11 is 0. The number of anilines is 3. The van der Waals surface area contributed by atoms with E-state index in [0.29, 0.717) is 23.5 Å². The SMILES string of the molecule is CN1CCN(CC(O)COc2ccc(-c3nc4c(N)nc(N)nc4nc3N)cc2)CC1. The number of ether oxygens (including phenoxy) is 1. The van der Waals surface area contributed by atoms with E-state index in [1.807, 2.05) is 12.1 Å². The second kappa shape index (κ2) is 8.84. The van der Waals surface area contributed by atoms with E-state index in [1.165, 1.54) is 0 Å². The molecule has 0 spiro atoms. The lowest BCUT2D eigenvalue weighted by Crippen LogP contribution is -2.47. The van der Waals surface area contributed by atoms with Crippen LogP contribution in [0.1, 0.15) is 0 Å². The van der Waals surface area contributed by atoms with Crippen LogP contribution in [0.5, 0.6) is 5.75 Å². The average molecular weight is 425 g/mol. The molecule has 31 heavy (non-hydrogen) atoms. The molecule has 1 saturated heterocycles. The minimum Gasteiger partial charge on any atom is -0.491 e. The summed E-state index contributed by atoms with van der Waals surface area (Å²) in [6.45, 7) is 4.77. The van der Waals surface area contributed by atoms with Crippen LogP contribution in [0.3, 0.4) is 0 Å². The van der Waals surface area contributed by atoms with Gasteiger partial charge in [0.25, 0.3) is 0 Å². The predicted octanol–water partition coefficient (Wildman–Crippen LogP) is -0.179. The molecular formula is C20H27N9O2. The smallest absolute Gasteiger partial charge is 0.224 e. The molecule has 11 heteroatoms. The van der Waals surface area contributed by atoms with E-state index in [2.05, 4.69) is 36.8 Å². The second-order valence-electron chi connectivity index (χ2n) is 7.69. The molecule has 1 unspecified atom stereocenters. The van der Waals surface area contributed by atoms with Crippen molar-refractivity contribution in [2.75, 3.05) is 63.6 Å². The van der Waals surface area contributed by atoms with Gasteiger partial charge in [0, 0.05) is 38.3 Å². The molecule has 1 fully saturated rings. The van der Waals surface area contributed by atoms with Crippen molar-refractivity contribution in [1.82, 2.24) is 29.7 Å². The highest BCUT2D eigenvalue weighted by molar-refractivity contribution is 5.87. The molecule has 7 N–H and O–H groups in total. The zero-order valence-corrected chi connectivity index (χ0v) is 17.4. The number of piperazine rings is 1. The van der Waals surface area contributed by atoms with E-state index in [4.69, 9.17) is 21.9 Å². The molecule has 2 aromatic heterocycles.